The van der Waals surface area contributed by atoms with E-state index in [1.54, 1.807) is 6.07 Å². The van der Waals surface area contributed by atoms with Crippen molar-refractivity contribution in [3.05, 3.63) is 34.1 Å². The molecule has 2 unspecified atom stereocenters. The topological polar surface area (TPSA) is 26.0 Å². The molecule has 3 heteroatoms. The van der Waals surface area contributed by atoms with Crippen molar-refractivity contribution in [1.82, 2.24) is 0 Å². The van der Waals surface area contributed by atoms with Crippen LogP contribution in [0.5, 0.6) is 0 Å². The van der Waals surface area contributed by atoms with Gasteiger partial charge in [0.1, 0.15) is 5.82 Å². The number of hydrogen-bond donors (Lipinski definition) is 1. The predicted molar refractivity (Wildman–Crippen MR) is 72.4 cm³/mol. The fraction of sp³-hybridized carbons (Fsp3) is 0.571. The van der Waals surface area contributed by atoms with Crippen LogP contribution in [0.4, 0.5) is 4.39 Å². The molecular weight excluding hydrogens is 281 g/mol. The van der Waals surface area contributed by atoms with E-state index in [1.807, 2.05) is 6.07 Å². The second-order valence-electron chi connectivity index (χ2n) is 5.04. The molecule has 1 fully saturated rings. The first kappa shape index (κ1) is 13.0. The Bertz CT molecular complexity index is 360. The molecule has 0 bridgehead atoms. The monoisotopic (exact) mass is 299 g/mol. The van der Waals surface area contributed by atoms with Crippen molar-refractivity contribution in [2.45, 2.75) is 44.6 Å². The van der Waals surface area contributed by atoms with Gasteiger partial charge in [-0.3, -0.25) is 0 Å². The Morgan fingerprint density at radius 2 is 1.94 bits per heavy atom. The van der Waals surface area contributed by atoms with Crippen LogP contribution < -0.4 is 5.73 Å². The van der Waals surface area contributed by atoms with E-state index in [-0.39, 0.29) is 11.9 Å². The molecular formula is C14H19BrFN. The lowest BCUT2D eigenvalue weighted by Crippen LogP contribution is -2.30. The third-order valence-corrected chi connectivity index (χ3v) is 4.10. The predicted octanol–water partition coefficient (Wildman–Crippen LogP) is 4.04. The van der Waals surface area contributed by atoms with E-state index >= 15 is 0 Å². The first-order chi connectivity index (χ1) is 8.15. The highest BCUT2D eigenvalue weighted by molar-refractivity contribution is 9.10. The van der Waals surface area contributed by atoms with Gasteiger partial charge < -0.3 is 5.73 Å². The van der Waals surface area contributed by atoms with Gasteiger partial charge in [0, 0.05) is 10.5 Å². The Hall–Kier alpha value is -0.410. The van der Waals surface area contributed by atoms with E-state index in [9.17, 15) is 4.39 Å². The number of benzene rings is 1. The lowest BCUT2D eigenvalue weighted by atomic mass is 9.89. The molecule has 0 radical (unpaired) electrons. The van der Waals surface area contributed by atoms with Crippen LogP contribution >= 0.6 is 15.9 Å². The standard InChI is InChI=1S/C14H19BrFN/c15-12-7-10(8-13(16)9-12)6-11-4-2-1-3-5-14(11)17/h7-9,11,14H,1-6,17H2. The Kier molecular flexibility index (Phi) is 4.57. The van der Waals surface area contributed by atoms with Crippen molar-refractivity contribution in [3.8, 4) is 0 Å². The van der Waals surface area contributed by atoms with Gasteiger partial charge in [-0.15, -0.1) is 0 Å². The van der Waals surface area contributed by atoms with Crippen LogP contribution in [-0.2, 0) is 6.42 Å². The van der Waals surface area contributed by atoms with Crippen molar-refractivity contribution in [2.75, 3.05) is 0 Å². The maximum Gasteiger partial charge on any atom is 0.124 e. The molecule has 17 heavy (non-hydrogen) atoms. The highest BCUT2D eigenvalue weighted by Gasteiger charge is 2.20. The first-order valence-corrected chi connectivity index (χ1v) is 7.15. The third kappa shape index (κ3) is 3.78. The molecule has 0 aromatic heterocycles. The molecule has 1 aromatic rings. The van der Waals surface area contributed by atoms with Crippen LogP contribution in [0.15, 0.2) is 22.7 Å². The summed E-state index contributed by atoms with van der Waals surface area (Å²) in [5.74, 6) is 0.336. The number of nitrogens with two attached hydrogens (primary N) is 1. The average molecular weight is 300 g/mol. The maximum absolute atomic E-state index is 13.3. The first-order valence-electron chi connectivity index (χ1n) is 6.35. The highest BCUT2D eigenvalue weighted by atomic mass is 79.9. The van der Waals surface area contributed by atoms with Gasteiger partial charge in [-0.05, 0) is 48.9 Å². The largest absolute Gasteiger partial charge is 0.327 e. The lowest BCUT2D eigenvalue weighted by Gasteiger charge is -2.21. The van der Waals surface area contributed by atoms with Crippen LogP contribution in [0, 0.1) is 11.7 Å². The molecule has 0 saturated heterocycles. The van der Waals surface area contributed by atoms with Crippen molar-refractivity contribution < 1.29 is 4.39 Å². The summed E-state index contributed by atoms with van der Waals surface area (Å²) in [5, 5.41) is 0. The van der Waals surface area contributed by atoms with Crippen LogP contribution in [0.25, 0.3) is 0 Å². The number of rotatable bonds is 2. The lowest BCUT2D eigenvalue weighted by molar-refractivity contribution is 0.395. The van der Waals surface area contributed by atoms with Gasteiger partial charge in [0.2, 0.25) is 0 Å². The zero-order valence-electron chi connectivity index (χ0n) is 9.96. The van der Waals surface area contributed by atoms with E-state index in [0.29, 0.717) is 5.92 Å². The van der Waals surface area contributed by atoms with E-state index in [2.05, 4.69) is 15.9 Å². The molecule has 0 aliphatic heterocycles. The molecule has 0 amide bonds. The summed E-state index contributed by atoms with van der Waals surface area (Å²) in [7, 11) is 0. The van der Waals surface area contributed by atoms with Crippen LogP contribution in [-0.4, -0.2) is 6.04 Å². The highest BCUT2D eigenvalue weighted by Crippen LogP contribution is 2.26. The molecule has 2 N–H and O–H groups in total. The minimum absolute atomic E-state index is 0.170. The van der Waals surface area contributed by atoms with E-state index in [4.69, 9.17) is 5.73 Å². The molecule has 2 rings (SSSR count). The minimum atomic E-state index is -0.170. The van der Waals surface area contributed by atoms with Crippen molar-refractivity contribution >= 4 is 15.9 Å². The van der Waals surface area contributed by atoms with Gasteiger partial charge >= 0.3 is 0 Å². The quantitative estimate of drug-likeness (QED) is 0.820. The molecule has 0 spiro atoms. The van der Waals surface area contributed by atoms with Crippen LogP contribution in [0.1, 0.15) is 37.7 Å². The molecule has 1 aliphatic carbocycles. The second-order valence-corrected chi connectivity index (χ2v) is 5.96. The van der Waals surface area contributed by atoms with E-state index in [1.165, 1.54) is 31.7 Å². The maximum atomic E-state index is 13.3. The fourth-order valence-electron chi connectivity index (χ4n) is 2.70. The van der Waals surface area contributed by atoms with Gasteiger partial charge in [-0.2, -0.15) is 0 Å². The Labute approximate surface area is 111 Å². The minimum Gasteiger partial charge on any atom is -0.327 e. The molecule has 1 nitrogen and oxygen atoms in total. The zero-order valence-corrected chi connectivity index (χ0v) is 11.5. The van der Waals surface area contributed by atoms with Crippen molar-refractivity contribution in [3.63, 3.8) is 0 Å². The molecule has 0 heterocycles. The normalized spacial score (nSPS) is 25.6. The summed E-state index contributed by atoms with van der Waals surface area (Å²) in [5.41, 5.74) is 7.25. The summed E-state index contributed by atoms with van der Waals surface area (Å²) >= 11 is 3.34. The Balaban J connectivity index is 2.07. The summed E-state index contributed by atoms with van der Waals surface area (Å²) in [4.78, 5) is 0. The van der Waals surface area contributed by atoms with Crippen LogP contribution in [0.2, 0.25) is 0 Å². The summed E-state index contributed by atoms with van der Waals surface area (Å²) in [6.45, 7) is 0. The molecule has 2 atom stereocenters. The SMILES string of the molecule is NC1CCCCCC1Cc1cc(F)cc(Br)c1. The summed E-state index contributed by atoms with van der Waals surface area (Å²) in [6.07, 6.45) is 6.98. The van der Waals surface area contributed by atoms with E-state index < -0.39 is 0 Å². The van der Waals surface area contributed by atoms with Crippen molar-refractivity contribution in [2.24, 2.45) is 11.7 Å². The van der Waals surface area contributed by atoms with Gasteiger partial charge in [-0.25, -0.2) is 4.39 Å². The second kappa shape index (κ2) is 5.96. The summed E-state index contributed by atoms with van der Waals surface area (Å²) in [6, 6.07) is 5.40. The van der Waals surface area contributed by atoms with Gasteiger partial charge in [0.05, 0.1) is 0 Å². The summed E-state index contributed by atoms with van der Waals surface area (Å²) < 4.78 is 14.1. The fourth-order valence-corrected chi connectivity index (χ4v) is 3.21. The number of hydrogen-bond acceptors (Lipinski definition) is 1. The van der Waals surface area contributed by atoms with Crippen LogP contribution in [0.3, 0.4) is 0 Å². The van der Waals surface area contributed by atoms with E-state index in [0.717, 1.165) is 22.9 Å². The molecule has 1 aromatic carbocycles. The zero-order chi connectivity index (χ0) is 12.3. The molecule has 1 aliphatic rings. The Morgan fingerprint density at radius 3 is 2.71 bits per heavy atom. The molecule has 1 saturated carbocycles. The Morgan fingerprint density at radius 1 is 1.18 bits per heavy atom. The van der Waals surface area contributed by atoms with Crippen molar-refractivity contribution in [1.29, 1.82) is 0 Å². The average Bonchev–Trinajstić information content (AvgIpc) is 2.43. The smallest absolute Gasteiger partial charge is 0.124 e. The van der Waals surface area contributed by atoms with Gasteiger partial charge in [-0.1, -0.05) is 35.2 Å². The number of halogens is 2. The van der Waals surface area contributed by atoms with Gasteiger partial charge in [0.15, 0.2) is 0 Å². The molecule has 94 valence electrons. The van der Waals surface area contributed by atoms with Gasteiger partial charge in [0.25, 0.3) is 0 Å². The third-order valence-electron chi connectivity index (χ3n) is 3.64.